The summed E-state index contributed by atoms with van der Waals surface area (Å²) in [6.45, 7) is -0.277. The first kappa shape index (κ1) is 20.4. The zero-order chi connectivity index (χ0) is 19.8. The third-order valence-corrected chi connectivity index (χ3v) is 6.34. The summed E-state index contributed by atoms with van der Waals surface area (Å²) in [6, 6.07) is 8.45. The van der Waals surface area contributed by atoms with Gasteiger partial charge in [0, 0.05) is 18.2 Å². The molecule has 1 amide bonds. The lowest BCUT2D eigenvalue weighted by molar-refractivity contribution is -0.121. The maximum atomic E-state index is 12.4. The first-order valence-electron chi connectivity index (χ1n) is 7.38. The summed E-state index contributed by atoms with van der Waals surface area (Å²) < 4.78 is 38.2. The molecular weight excluding hydrogens is 453 g/mol. The Morgan fingerprint density at radius 3 is 2.63 bits per heavy atom. The van der Waals surface area contributed by atoms with Crippen molar-refractivity contribution in [1.82, 2.24) is 4.90 Å². The highest BCUT2D eigenvalue weighted by Crippen LogP contribution is 2.34. The van der Waals surface area contributed by atoms with Crippen LogP contribution in [0.25, 0.3) is 17.4 Å². The maximum absolute atomic E-state index is 12.4. The lowest BCUT2D eigenvalue weighted by atomic mass is 10.2. The Bertz CT molecular complexity index is 1060. The number of hydrogen-bond donors (Lipinski definition) is 0. The van der Waals surface area contributed by atoms with Crippen molar-refractivity contribution in [2.24, 2.45) is 0 Å². The molecule has 2 aromatic rings. The maximum Gasteiger partial charge on any atom is 0.266 e. The number of halogens is 2. The quantitative estimate of drug-likeness (QED) is 0.376. The molecule has 11 heteroatoms. The van der Waals surface area contributed by atoms with E-state index in [1.54, 1.807) is 30.3 Å². The third-order valence-electron chi connectivity index (χ3n) is 3.54. The monoisotopic (exact) mass is 462 g/mol. The second-order valence-corrected chi connectivity index (χ2v) is 9.44. The van der Waals surface area contributed by atoms with E-state index >= 15 is 0 Å². The molecule has 0 bridgehead atoms. The van der Waals surface area contributed by atoms with E-state index in [0.717, 1.165) is 22.2 Å². The van der Waals surface area contributed by atoms with Crippen LogP contribution in [0.4, 0.5) is 0 Å². The van der Waals surface area contributed by atoms with Crippen molar-refractivity contribution >= 4 is 73.6 Å². The Morgan fingerprint density at radius 2 is 1.96 bits per heavy atom. The van der Waals surface area contributed by atoms with Gasteiger partial charge in [-0.05, 0) is 30.3 Å². The molecule has 0 aliphatic carbocycles. The van der Waals surface area contributed by atoms with Gasteiger partial charge in [0.2, 0.25) is 0 Å². The number of hydrogen-bond acceptors (Lipinski definition) is 7. The average Bonchev–Trinajstić information content (AvgIpc) is 3.13. The average molecular weight is 463 g/mol. The summed E-state index contributed by atoms with van der Waals surface area (Å²) in [4.78, 5) is 13.7. The zero-order valence-electron chi connectivity index (χ0n) is 13.3. The number of thiocarbonyl (C=S) groups is 1. The van der Waals surface area contributed by atoms with E-state index in [1.165, 1.54) is 6.08 Å². The van der Waals surface area contributed by atoms with Gasteiger partial charge in [-0.15, -0.1) is 0 Å². The fourth-order valence-corrected chi connectivity index (χ4v) is 4.25. The predicted molar refractivity (Wildman–Crippen MR) is 109 cm³/mol. The number of benzene rings is 1. The molecule has 1 aliphatic heterocycles. The highest BCUT2D eigenvalue weighted by atomic mass is 35.5. The fourth-order valence-electron chi connectivity index (χ4n) is 2.26. The van der Waals surface area contributed by atoms with Gasteiger partial charge in [0.15, 0.2) is 0 Å². The number of furan rings is 1. The molecular formula is C16H10Cl2NO5S3-. The Labute approximate surface area is 174 Å². The first-order chi connectivity index (χ1) is 12.6. The van der Waals surface area contributed by atoms with E-state index in [1.807, 2.05) is 0 Å². The van der Waals surface area contributed by atoms with Crippen LogP contribution in [0.2, 0.25) is 10.0 Å². The van der Waals surface area contributed by atoms with Crippen molar-refractivity contribution in [1.29, 1.82) is 0 Å². The molecule has 142 valence electrons. The van der Waals surface area contributed by atoms with Gasteiger partial charge >= 0.3 is 0 Å². The summed E-state index contributed by atoms with van der Waals surface area (Å²) >= 11 is 18.0. The van der Waals surface area contributed by atoms with Crippen LogP contribution < -0.4 is 0 Å². The van der Waals surface area contributed by atoms with E-state index in [4.69, 9.17) is 39.8 Å². The van der Waals surface area contributed by atoms with Gasteiger partial charge in [-0.1, -0.05) is 47.2 Å². The number of rotatable bonds is 5. The standard InChI is InChI=1S/C16H11Cl2NO5S3/c17-11-3-1-9(7-12(11)18)13-4-2-10(24-13)8-14-15(20)19(16(25)26-14)5-6-27(21,22)23/h1-4,7-8H,5-6H2,(H,21,22,23)/p-1/b14-8+. The predicted octanol–water partition coefficient (Wildman–Crippen LogP) is 4.00. The largest absolute Gasteiger partial charge is 0.748 e. The van der Waals surface area contributed by atoms with Crippen LogP contribution in [0.15, 0.2) is 39.7 Å². The van der Waals surface area contributed by atoms with Gasteiger partial charge in [0.1, 0.15) is 15.8 Å². The first-order valence-corrected chi connectivity index (χ1v) is 10.9. The van der Waals surface area contributed by atoms with E-state index < -0.39 is 21.8 Å². The molecule has 0 atom stereocenters. The van der Waals surface area contributed by atoms with Crippen LogP contribution in [0, 0.1) is 0 Å². The van der Waals surface area contributed by atoms with Crippen LogP contribution in [-0.4, -0.2) is 40.4 Å². The van der Waals surface area contributed by atoms with Gasteiger partial charge in [-0.25, -0.2) is 8.42 Å². The number of thioether (sulfide) groups is 1. The SMILES string of the molecule is O=C1/C(=C\c2ccc(-c3ccc(Cl)c(Cl)c3)o2)SC(=S)N1CCS(=O)(=O)[O-]. The molecule has 0 N–H and O–H groups in total. The van der Waals surface area contributed by atoms with Crippen molar-refractivity contribution in [3.05, 3.63) is 51.0 Å². The number of carbonyl (C=O) groups is 1. The fraction of sp³-hybridized carbons (Fsp3) is 0.125. The van der Waals surface area contributed by atoms with Gasteiger partial charge in [0.25, 0.3) is 5.91 Å². The topological polar surface area (TPSA) is 90.7 Å². The normalized spacial score (nSPS) is 16.6. The molecule has 1 aromatic carbocycles. The Morgan fingerprint density at radius 1 is 1.22 bits per heavy atom. The molecule has 1 fully saturated rings. The molecule has 0 unspecified atom stereocenters. The summed E-state index contributed by atoms with van der Waals surface area (Å²) in [5.41, 5.74) is 0.720. The van der Waals surface area contributed by atoms with E-state index in [9.17, 15) is 17.8 Å². The van der Waals surface area contributed by atoms with Crippen molar-refractivity contribution < 1.29 is 22.2 Å². The lowest BCUT2D eigenvalue weighted by Crippen LogP contribution is -2.32. The molecule has 1 aromatic heterocycles. The van der Waals surface area contributed by atoms with Gasteiger partial charge in [-0.3, -0.25) is 9.69 Å². The van der Waals surface area contributed by atoms with E-state index in [0.29, 0.717) is 21.6 Å². The van der Waals surface area contributed by atoms with Crippen molar-refractivity contribution in [2.75, 3.05) is 12.3 Å². The second kappa shape index (κ2) is 7.94. The smallest absolute Gasteiger partial charge is 0.266 e. The Hall–Kier alpha value is -1.36. The number of nitrogens with zero attached hydrogens (tertiary/aromatic N) is 1. The minimum atomic E-state index is -4.44. The lowest BCUT2D eigenvalue weighted by Gasteiger charge is -2.15. The number of carbonyl (C=O) groups excluding carboxylic acids is 1. The zero-order valence-corrected chi connectivity index (χ0v) is 17.3. The summed E-state index contributed by atoms with van der Waals surface area (Å²) in [6.07, 6.45) is 1.51. The van der Waals surface area contributed by atoms with Crippen LogP contribution >= 0.6 is 47.2 Å². The summed E-state index contributed by atoms with van der Waals surface area (Å²) in [5.74, 6) is -0.225. The highest BCUT2D eigenvalue weighted by molar-refractivity contribution is 8.26. The molecule has 6 nitrogen and oxygen atoms in total. The molecule has 1 aliphatic rings. The molecule has 0 radical (unpaired) electrons. The molecule has 1 saturated heterocycles. The van der Waals surface area contributed by atoms with Crippen molar-refractivity contribution in [2.45, 2.75) is 0 Å². The van der Waals surface area contributed by atoms with Crippen LogP contribution in [-0.2, 0) is 14.9 Å². The highest BCUT2D eigenvalue weighted by Gasteiger charge is 2.32. The van der Waals surface area contributed by atoms with E-state index in [-0.39, 0.29) is 15.8 Å². The molecule has 0 spiro atoms. The van der Waals surface area contributed by atoms with Crippen molar-refractivity contribution in [3.63, 3.8) is 0 Å². The van der Waals surface area contributed by atoms with Crippen LogP contribution in [0.1, 0.15) is 5.76 Å². The molecule has 27 heavy (non-hydrogen) atoms. The van der Waals surface area contributed by atoms with Crippen LogP contribution in [0.5, 0.6) is 0 Å². The summed E-state index contributed by atoms with van der Waals surface area (Å²) in [5, 5.41) is 0.817. The number of amides is 1. The van der Waals surface area contributed by atoms with Crippen molar-refractivity contribution in [3.8, 4) is 11.3 Å². The second-order valence-electron chi connectivity index (χ2n) is 5.43. The minimum absolute atomic E-state index is 0.186. The van der Waals surface area contributed by atoms with Crippen LogP contribution in [0.3, 0.4) is 0 Å². The molecule has 3 rings (SSSR count). The van der Waals surface area contributed by atoms with Gasteiger partial charge < -0.3 is 8.97 Å². The van der Waals surface area contributed by atoms with E-state index in [2.05, 4.69) is 0 Å². The molecule has 2 heterocycles. The Balaban J connectivity index is 1.79. The van der Waals surface area contributed by atoms with Gasteiger partial charge in [0.05, 0.1) is 30.8 Å². The van der Waals surface area contributed by atoms with Gasteiger partial charge in [-0.2, -0.15) is 0 Å². The Kier molecular flexibility index (Phi) is 5.99. The minimum Gasteiger partial charge on any atom is -0.748 e. The molecule has 0 saturated carbocycles. The summed E-state index contributed by atoms with van der Waals surface area (Å²) in [7, 11) is -4.44. The third kappa shape index (κ3) is 4.92.